The fraction of sp³-hybridized carbons (Fsp3) is 0.944. The van der Waals surface area contributed by atoms with Crippen LogP contribution < -0.4 is 5.32 Å². The quantitative estimate of drug-likeness (QED) is 0.861. The molecule has 1 saturated heterocycles. The van der Waals surface area contributed by atoms with Gasteiger partial charge in [0.15, 0.2) is 0 Å². The van der Waals surface area contributed by atoms with E-state index in [1.807, 2.05) is 0 Å². The van der Waals surface area contributed by atoms with Crippen LogP contribution in [0.4, 0.5) is 0 Å². The van der Waals surface area contributed by atoms with Gasteiger partial charge in [0.1, 0.15) is 0 Å². The Balaban J connectivity index is 1.71. The van der Waals surface area contributed by atoms with Crippen molar-refractivity contribution in [3.63, 3.8) is 0 Å². The summed E-state index contributed by atoms with van der Waals surface area (Å²) in [6.07, 6.45) is 6.99. The highest BCUT2D eigenvalue weighted by atomic mass is 16.2. The van der Waals surface area contributed by atoms with Gasteiger partial charge >= 0.3 is 0 Å². The average molecular weight is 294 g/mol. The van der Waals surface area contributed by atoms with Crippen molar-refractivity contribution >= 4 is 5.91 Å². The van der Waals surface area contributed by atoms with E-state index in [1.54, 1.807) is 0 Å². The van der Waals surface area contributed by atoms with Crippen molar-refractivity contribution in [2.45, 2.75) is 78.3 Å². The van der Waals surface area contributed by atoms with Gasteiger partial charge in [0.05, 0.1) is 0 Å². The van der Waals surface area contributed by atoms with E-state index in [9.17, 15) is 4.79 Å². The monoisotopic (exact) mass is 294 g/mol. The van der Waals surface area contributed by atoms with Gasteiger partial charge in [0, 0.05) is 31.6 Å². The van der Waals surface area contributed by atoms with Crippen LogP contribution >= 0.6 is 0 Å². The number of rotatable bonds is 4. The third-order valence-electron chi connectivity index (χ3n) is 5.50. The first-order valence-corrected chi connectivity index (χ1v) is 8.99. The molecule has 2 fully saturated rings. The molecule has 1 N–H and O–H groups in total. The third-order valence-corrected chi connectivity index (χ3v) is 5.50. The van der Waals surface area contributed by atoms with E-state index in [4.69, 9.17) is 0 Å². The van der Waals surface area contributed by atoms with E-state index < -0.39 is 0 Å². The van der Waals surface area contributed by atoms with E-state index in [1.165, 1.54) is 19.3 Å². The molecule has 3 nitrogen and oxygen atoms in total. The Morgan fingerprint density at radius 1 is 1.05 bits per heavy atom. The van der Waals surface area contributed by atoms with Crippen LogP contribution in [0.5, 0.6) is 0 Å². The van der Waals surface area contributed by atoms with Crippen LogP contribution in [-0.2, 0) is 4.79 Å². The van der Waals surface area contributed by atoms with Crippen LogP contribution in [0.25, 0.3) is 0 Å². The molecular weight excluding hydrogens is 260 g/mol. The van der Waals surface area contributed by atoms with Crippen molar-refractivity contribution < 1.29 is 4.79 Å². The molecule has 0 aromatic carbocycles. The van der Waals surface area contributed by atoms with Crippen LogP contribution in [0.1, 0.15) is 66.2 Å². The zero-order valence-corrected chi connectivity index (χ0v) is 14.4. The van der Waals surface area contributed by atoms with Crippen molar-refractivity contribution in [3.8, 4) is 0 Å². The molecule has 3 heteroatoms. The first kappa shape index (κ1) is 16.8. The van der Waals surface area contributed by atoms with Gasteiger partial charge in [-0.2, -0.15) is 0 Å². The average Bonchev–Trinajstić information content (AvgIpc) is 2.43. The number of hydrogen-bond acceptors (Lipinski definition) is 2. The second-order valence-corrected chi connectivity index (χ2v) is 7.88. The molecule has 122 valence electrons. The standard InChI is InChI=1S/C18H34N2O/c1-13(2)11-18(21)20-9-7-16(8-10-20)19-17-6-5-14(3)15(4)12-17/h13-17,19H,5-12H2,1-4H3/t14-,15+,17-/m1/s1. The van der Waals surface area contributed by atoms with Crippen LogP contribution in [0.3, 0.4) is 0 Å². The number of carbonyl (C=O) groups is 1. The summed E-state index contributed by atoms with van der Waals surface area (Å²) in [5.41, 5.74) is 0. The number of carbonyl (C=O) groups excluding carboxylic acids is 1. The van der Waals surface area contributed by atoms with Crippen LogP contribution in [0, 0.1) is 17.8 Å². The predicted octanol–water partition coefficient (Wildman–Crippen LogP) is 3.44. The topological polar surface area (TPSA) is 32.3 Å². The summed E-state index contributed by atoms with van der Waals surface area (Å²) in [5.74, 6) is 2.56. The summed E-state index contributed by atoms with van der Waals surface area (Å²) in [5, 5.41) is 3.87. The summed E-state index contributed by atoms with van der Waals surface area (Å²) in [4.78, 5) is 14.2. The molecule has 0 aromatic rings. The summed E-state index contributed by atoms with van der Waals surface area (Å²) in [6, 6.07) is 1.33. The van der Waals surface area contributed by atoms with Gasteiger partial charge in [-0.3, -0.25) is 4.79 Å². The number of amides is 1. The van der Waals surface area contributed by atoms with Gasteiger partial charge in [-0.15, -0.1) is 0 Å². The maximum Gasteiger partial charge on any atom is 0.222 e. The molecule has 1 aliphatic carbocycles. The molecule has 1 aliphatic heterocycles. The van der Waals surface area contributed by atoms with Gasteiger partial charge in [-0.1, -0.05) is 27.7 Å². The molecule has 21 heavy (non-hydrogen) atoms. The zero-order chi connectivity index (χ0) is 15.4. The van der Waals surface area contributed by atoms with E-state index >= 15 is 0 Å². The molecule has 0 spiro atoms. The predicted molar refractivity (Wildman–Crippen MR) is 88.2 cm³/mol. The fourth-order valence-electron chi connectivity index (χ4n) is 3.81. The lowest BCUT2D eigenvalue weighted by molar-refractivity contribution is -0.133. The summed E-state index contributed by atoms with van der Waals surface area (Å²) in [7, 11) is 0. The van der Waals surface area contributed by atoms with Gasteiger partial charge in [-0.25, -0.2) is 0 Å². The molecule has 1 saturated carbocycles. The first-order chi connectivity index (χ1) is 9.95. The Morgan fingerprint density at radius 2 is 1.71 bits per heavy atom. The van der Waals surface area contributed by atoms with E-state index in [0.717, 1.165) is 37.8 Å². The summed E-state index contributed by atoms with van der Waals surface area (Å²) >= 11 is 0. The molecule has 2 rings (SSSR count). The number of hydrogen-bond donors (Lipinski definition) is 1. The van der Waals surface area contributed by atoms with Crippen LogP contribution in [-0.4, -0.2) is 36.0 Å². The van der Waals surface area contributed by atoms with Crippen molar-refractivity contribution in [2.75, 3.05) is 13.1 Å². The number of piperidine rings is 1. The van der Waals surface area contributed by atoms with Gasteiger partial charge in [0.2, 0.25) is 5.91 Å². The highest BCUT2D eigenvalue weighted by molar-refractivity contribution is 5.76. The normalized spacial score (nSPS) is 31.7. The molecule has 2 aliphatic rings. The minimum Gasteiger partial charge on any atom is -0.343 e. The van der Waals surface area contributed by atoms with E-state index in [-0.39, 0.29) is 0 Å². The van der Waals surface area contributed by atoms with Crippen molar-refractivity contribution in [1.29, 1.82) is 0 Å². The lowest BCUT2D eigenvalue weighted by Gasteiger charge is -2.38. The number of nitrogens with one attached hydrogen (secondary N) is 1. The SMILES string of the molecule is CC(C)CC(=O)N1CCC(N[C@@H]2CC[C@@H](C)[C@@H](C)C2)CC1. The Bertz CT molecular complexity index is 334. The van der Waals surface area contributed by atoms with Gasteiger partial charge in [-0.05, 0) is 49.9 Å². The molecule has 1 amide bonds. The Hall–Kier alpha value is -0.570. The molecule has 0 aromatic heterocycles. The highest BCUT2D eigenvalue weighted by Crippen LogP contribution is 2.30. The maximum absolute atomic E-state index is 12.1. The van der Waals surface area contributed by atoms with Gasteiger partial charge in [0.25, 0.3) is 0 Å². The number of likely N-dealkylation sites (tertiary alicyclic amines) is 1. The largest absolute Gasteiger partial charge is 0.343 e. The van der Waals surface area contributed by atoms with Crippen LogP contribution in [0.2, 0.25) is 0 Å². The van der Waals surface area contributed by atoms with Crippen molar-refractivity contribution in [1.82, 2.24) is 10.2 Å². The molecule has 0 bridgehead atoms. The fourth-order valence-corrected chi connectivity index (χ4v) is 3.81. The molecule has 0 unspecified atom stereocenters. The first-order valence-electron chi connectivity index (χ1n) is 8.99. The van der Waals surface area contributed by atoms with Crippen LogP contribution in [0.15, 0.2) is 0 Å². The summed E-state index contributed by atoms with van der Waals surface area (Å²) in [6.45, 7) is 10.9. The number of nitrogens with zero attached hydrogens (tertiary/aromatic N) is 1. The lowest BCUT2D eigenvalue weighted by atomic mass is 9.79. The lowest BCUT2D eigenvalue weighted by Crippen LogP contribution is -2.49. The van der Waals surface area contributed by atoms with E-state index in [2.05, 4.69) is 37.9 Å². The second kappa shape index (κ2) is 7.62. The second-order valence-electron chi connectivity index (χ2n) is 7.88. The molecule has 0 radical (unpaired) electrons. The van der Waals surface area contributed by atoms with Crippen molar-refractivity contribution in [3.05, 3.63) is 0 Å². The Morgan fingerprint density at radius 3 is 2.29 bits per heavy atom. The highest BCUT2D eigenvalue weighted by Gasteiger charge is 2.28. The minimum atomic E-state index is 0.351. The summed E-state index contributed by atoms with van der Waals surface area (Å²) < 4.78 is 0. The zero-order valence-electron chi connectivity index (χ0n) is 14.4. The van der Waals surface area contributed by atoms with Crippen molar-refractivity contribution in [2.24, 2.45) is 17.8 Å². The Kier molecular flexibility index (Phi) is 6.09. The molecule has 3 atom stereocenters. The smallest absolute Gasteiger partial charge is 0.222 e. The molecule has 1 heterocycles. The third kappa shape index (κ3) is 4.98. The maximum atomic E-state index is 12.1. The van der Waals surface area contributed by atoms with E-state index in [0.29, 0.717) is 30.3 Å². The van der Waals surface area contributed by atoms with Gasteiger partial charge < -0.3 is 10.2 Å². The Labute approximate surface area is 130 Å². The molecular formula is C18H34N2O. The minimum absolute atomic E-state index is 0.351.